The van der Waals surface area contributed by atoms with Gasteiger partial charge in [-0.1, -0.05) is 361 Å². The van der Waals surface area contributed by atoms with Gasteiger partial charge in [-0.05, 0) is 25.7 Å². The molecule has 6 heteroatoms. The number of aliphatic hydroxyl groups is 2. The Bertz CT molecular complexity index is 1070. The number of amides is 1. The quantitative estimate of drug-likeness (QED) is 0.0417. The van der Waals surface area contributed by atoms with Gasteiger partial charge >= 0.3 is 5.97 Å². The summed E-state index contributed by atoms with van der Waals surface area (Å²) in [5.41, 5.74) is 0. The molecule has 2 atom stereocenters. The summed E-state index contributed by atoms with van der Waals surface area (Å²) in [6, 6.07) is -0.551. The Hall–Kier alpha value is -1.14. The van der Waals surface area contributed by atoms with Gasteiger partial charge < -0.3 is 20.3 Å². The van der Waals surface area contributed by atoms with Crippen LogP contribution in [0.3, 0.4) is 0 Å². The zero-order valence-electron chi connectivity index (χ0n) is 50.6. The molecule has 0 radical (unpaired) electrons. The number of aliphatic hydroxyl groups excluding tert-OH is 2. The van der Waals surface area contributed by atoms with Crippen molar-refractivity contribution in [2.45, 2.75) is 411 Å². The van der Waals surface area contributed by atoms with Crippen LogP contribution < -0.4 is 5.32 Å². The molecule has 2 unspecified atom stereocenters. The van der Waals surface area contributed by atoms with Crippen molar-refractivity contribution in [3.05, 3.63) is 0 Å². The van der Waals surface area contributed by atoms with Crippen molar-refractivity contribution in [1.82, 2.24) is 5.32 Å². The highest BCUT2D eigenvalue weighted by molar-refractivity contribution is 5.76. The summed E-state index contributed by atoms with van der Waals surface area (Å²) in [5, 5.41) is 23.4. The van der Waals surface area contributed by atoms with Crippen molar-refractivity contribution in [2.75, 3.05) is 13.2 Å². The molecule has 6 nitrogen and oxygen atoms in total. The van der Waals surface area contributed by atoms with E-state index in [0.29, 0.717) is 25.9 Å². The second kappa shape index (κ2) is 64.4. The summed E-state index contributed by atoms with van der Waals surface area (Å²) in [4.78, 5) is 24.7. The van der Waals surface area contributed by atoms with E-state index >= 15 is 0 Å². The third kappa shape index (κ3) is 60.1. The van der Waals surface area contributed by atoms with E-state index < -0.39 is 12.1 Å². The first-order valence-corrected chi connectivity index (χ1v) is 34.3. The molecule has 1 amide bonds. The summed E-state index contributed by atoms with van der Waals surface area (Å²) < 4.78 is 5.50. The van der Waals surface area contributed by atoms with Crippen molar-refractivity contribution in [1.29, 1.82) is 0 Å². The maximum absolute atomic E-state index is 12.5. The normalized spacial score (nSPS) is 12.4. The van der Waals surface area contributed by atoms with Crippen LogP contribution in [0.2, 0.25) is 0 Å². The molecule has 0 bridgehead atoms. The van der Waals surface area contributed by atoms with Gasteiger partial charge in [-0.25, -0.2) is 0 Å². The molecular formula is C68H135NO5. The topological polar surface area (TPSA) is 95.9 Å². The Labute approximate surface area is 464 Å². The highest BCUT2D eigenvalue weighted by Gasteiger charge is 2.20. The van der Waals surface area contributed by atoms with Crippen LogP contribution in [-0.2, 0) is 14.3 Å². The number of hydrogen-bond acceptors (Lipinski definition) is 5. The fourth-order valence-electron chi connectivity index (χ4n) is 11.2. The minimum absolute atomic E-state index is 0.00143. The molecule has 0 aromatic heterocycles. The Morgan fingerprint density at radius 2 is 0.554 bits per heavy atom. The van der Waals surface area contributed by atoms with Crippen LogP contribution in [0.1, 0.15) is 399 Å². The summed E-state index contributed by atoms with van der Waals surface area (Å²) in [7, 11) is 0. The second-order valence-electron chi connectivity index (χ2n) is 23.9. The van der Waals surface area contributed by atoms with Crippen molar-refractivity contribution < 1.29 is 24.5 Å². The number of carbonyl (C=O) groups is 2. The van der Waals surface area contributed by atoms with Gasteiger partial charge in [-0.15, -0.1) is 0 Å². The molecule has 0 fully saturated rings. The lowest BCUT2D eigenvalue weighted by atomic mass is 10.0. The third-order valence-corrected chi connectivity index (χ3v) is 16.4. The first-order valence-electron chi connectivity index (χ1n) is 34.3. The minimum atomic E-state index is -0.673. The summed E-state index contributed by atoms with van der Waals surface area (Å²) in [6.07, 6.45) is 77.0. The molecule has 0 rings (SSSR count). The summed E-state index contributed by atoms with van der Waals surface area (Å²) in [5.74, 6) is -0.0401. The average Bonchev–Trinajstić information content (AvgIpc) is 3.40. The Kier molecular flexibility index (Phi) is 63.4. The number of rotatable bonds is 65. The molecule has 0 aromatic carbocycles. The van der Waals surface area contributed by atoms with Gasteiger partial charge in [-0.3, -0.25) is 9.59 Å². The standard InChI is InChI=1S/C68H135NO5/c1-3-5-7-9-11-13-15-17-19-21-23-24-25-26-27-28-30-31-33-36-40-44-48-52-56-60-66(71)65(64-70)69-67(72)61-57-53-49-45-41-37-35-39-43-47-51-55-59-63-74-68(73)62-58-54-50-46-42-38-34-32-29-22-20-18-16-14-12-10-8-6-4-2/h65-66,70-71H,3-64H2,1-2H3,(H,69,72). The molecule has 0 aromatic rings. The van der Waals surface area contributed by atoms with Crippen LogP contribution in [0.5, 0.6) is 0 Å². The maximum Gasteiger partial charge on any atom is 0.305 e. The van der Waals surface area contributed by atoms with Crippen LogP contribution in [0, 0.1) is 0 Å². The molecule has 0 aliphatic rings. The highest BCUT2D eigenvalue weighted by Crippen LogP contribution is 2.19. The van der Waals surface area contributed by atoms with E-state index in [4.69, 9.17) is 4.74 Å². The first-order chi connectivity index (χ1) is 36.5. The average molecular weight is 1050 g/mol. The predicted octanol–water partition coefficient (Wildman–Crippen LogP) is 21.8. The lowest BCUT2D eigenvalue weighted by Gasteiger charge is -2.22. The minimum Gasteiger partial charge on any atom is -0.466 e. The van der Waals surface area contributed by atoms with Crippen LogP contribution in [0.15, 0.2) is 0 Å². The molecule has 0 spiro atoms. The Morgan fingerprint density at radius 1 is 0.324 bits per heavy atom. The van der Waals surface area contributed by atoms with Crippen molar-refractivity contribution in [3.63, 3.8) is 0 Å². The fourth-order valence-corrected chi connectivity index (χ4v) is 11.2. The van der Waals surface area contributed by atoms with E-state index in [9.17, 15) is 19.8 Å². The van der Waals surface area contributed by atoms with E-state index in [1.165, 1.54) is 315 Å². The SMILES string of the molecule is CCCCCCCCCCCCCCCCCCCCCCCCCCCC(O)C(CO)NC(=O)CCCCCCCCCCCCCCCOC(=O)CCCCCCCCCCCCCCCCCCCCC. The molecular weight excluding hydrogens is 911 g/mol. The maximum atomic E-state index is 12.5. The monoisotopic (exact) mass is 1050 g/mol. The number of nitrogens with one attached hydrogen (secondary N) is 1. The van der Waals surface area contributed by atoms with E-state index in [1.807, 2.05) is 0 Å². The zero-order chi connectivity index (χ0) is 53.6. The van der Waals surface area contributed by atoms with Crippen molar-refractivity contribution >= 4 is 11.9 Å². The van der Waals surface area contributed by atoms with E-state index in [1.54, 1.807) is 0 Å². The van der Waals surface area contributed by atoms with Gasteiger partial charge in [0.05, 0.1) is 25.4 Å². The molecule has 3 N–H and O–H groups in total. The lowest BCUT2D eigenvalue weighted by Crippen LogP contribution is -2.45. The first kappa shape index (κ1) is 72.9. The van der Waals surface area contributed by atoms with Gasteiger partial charge in [0.15, 0.2) is 0 Å². The Morgan fingerprint density at radius 3 is 0.824 bits per heavy atom. The molecule has 0 heterocycles. The lowest BCUT2D eigenvalue weighted by molar-refractivity contribution is -0.143. The second-order valence-corrected chi connectivity index (χ2v) is 23.9. The summed E-state index contributed by atoms with van der Waals surface area (Å²) >= 11 is 0. The fraction of sp³-hybridized carbons (Fsp3) is 0.971. The van der Waals surface area contributed by atoms with Gasteiger partial charge in [-0.2, -0.15) is 0 Å². The van der Waals surface area contributed by atoms with E-state index in [2.05, 4.69) is 19.2 Å². The molecule has 74 heavy (non-hydrogen) atoms. The number of esters is 1. The molecule has 0 saturated heterocycles. The van der Waals surface area contributed by atoms with Crippen LogP contribution >= 0.6 is 0 Å². The largest absolute Gasteiger partial charge is 0.466 e. The molecule has 0 aliphatic heterocycles. The number of hydrogen-bond donors (Lipinski definition) is 3. The highest BCUT2D eigenvalue weighted by atomic mass is 16.5. The van der Waals surface area contributed by atoms with E-state index in [-0.39, 0.29) is 18.5 Å². The Balaban J connectivity index is 3.40. The third-order valence-electron chi connectivity index (χ3n) is 16.4. The van der Waals surface area contributed by atoms with Crippen LogP contribution in [-0.4, -0.2) is 47.4 Å². The molecule has 0 aliphatic carbocycles. The molecule has 442 valence electrons. The predicted molar refractivity (Wildman–Crippen MR) is 324 cm³/mol. The smallest absolute Gasteiger partial charge is 0.305 e. The number of ether oxygens (including phenoxy) is 1. The van der Waals surface area contributed by atoms with E-state index in [0.717, 1.165) is 51.4 Å². The van der Waals surface area contributed by atoms with Crippen molar-refractivity contribution in [3.8, 4) is 0 Å². The van der Waals surface area contributed by atoms with Crippen molar-refractivity contribution in [2.24, 2.45) is 0 Å². The van der Waals surface area contributed by atoms with Gasteiger partial charge in [0.25, 0.3) is 0 Å². The number of carbonyl (C=O) groups excluding carboxylic acids is 2. The van der Waals surface area contributed by atoms with Crippen LogP contribution in [0.4, 0.5) is 0 Å². The van der Waals surface area contributed by atoms with Crippen LogP contribution in [0.25, 0.3) is 0 Å². The zero-order valence-corrected chi connectivity index (χ0v) is 50.6. The van der Waals surface area contributed by atoms with Gasteiger partial charge in [0, 0.05) is 12.8 Å². The van der Waals surface area contributed by atoms with Gasteiger partial charge in [0.2, 0.25) is 5.91 Å². The molecule has 0 saturated carbocycles. The van der Waals surface area contributed by atoms with Gasteiger partial charge in [0.1, 0.15) is 0 Å². The summed E-state index contributed by atoms with van der Waals surface area (Å²) in [6.45, 7) is 4.98. The number of unbranched alkanes of at least 4 members (excludes halogenated alkanes) is 54.